The normalized spacial score (nSPS) is 11.2. The van der Waals surface area contributed by atoms with E-state index in [1.807, 2.05) is 57.2 Å². The molecule has 3 aromatic carbocycles. The molecule has 7 heteroatoms. The van der Waals surface area contributed by atoms with Crippen LogP contribution in [0.2, 0.25) is 5.02 Å². The van der Waals surface area contributed by atoms with Gasteiger partial charge in [-0.05, 0) is 56.2 Å². The third kappa shape index (κ3) is 5.20. The van der Waals surface area contributed by atoms with Gasteiger partial charge in [-0.25, -0.2) is 8.42 Å². The number of rotatable bonds is 6. The molecular weight excluding hydrogens is 420 g/mol. The monoisotopic (exact) mass is 442 g/mol. The fraction of sp³-hybridized carbons (Fsp3) is 0.174. The van der Waals surface area contributed by atoms with E-state index in [0.29, 0.717) is 12.2 Å². The second kappa shape index (κ2) is 8.90. The molecule has 0 aliphatic rings. The number of carbonyl (C=O) groups is 1. The van der Waals surface area contributed by atoms with Crippen molar-refractivity contribution in [1.29, 1.82) is 0 Å². The Kier molecular flexibility index (Phi) is 6.48. The van der Waals surface area contributed by atoms with Crippen molar-refractivity contribution in [2.75, 3.05) is 4.72 Å². The Morgan fingerprint density at radius 3 is 2.23 bits per heavy atom. The Labute approximate surface area is 182 Å². The van der Waals surface area contributed by atoms with Crippen LogP contribution in [0.5, 0.6) is 0 Å². The molecule has 0 unspecified atom stereocenters. The standard InChI is InChI=1S/C23H23ClN2O3S/c1-15-4-7-18(8-5-15)14-25-23(27)19-9-10-20(24)22(13-19)30(28,29)26-21-11-6-16(2)12-17(21)3/h4-13,26H,14H2,1-3H3,(H,25,27). The van der Waals surface area contributed by atoms with Crippen molar-refractivity contribution in [3.05, 3.63) is 93.5 Å². The summed E-state index contributed by atoms with van der Waals surface area (Å²) in [7, 11) is -3.97. The molecule has 0 atom stereocenters. The van der Waals surface area contributed by atoms with Crippen LogP contribution in [0.3, 0.4) is 0 Å². The van der Waals surface area contributed by atoms with Gasteiger partial charge in [-0.15, -0.1) is 0 Å². The molecule has 156 valence electrons. The Balaban J connectivity index is 1.81. The molecule has 30 heavy (non-hydrogen) atoms. The zero-order valence-corrected chi connectivity index (χ0v) is 18.6. The second-order valence-electron chi connectivity index (χ2n) is 7.24. The number of nitrogens with one attached hydrogen (secondary N) is 2. The topological polar surface area (TPSA) is 75.3 Å². The Morgan fingerprint density at radius 2 is 1.57 bits per heavy atom. The van der Waals surface area contributed by atoms with Gasteiger partial charge >= 0.3 is 0 Å². The van der Waals surface area contributed by atoms with E-state index in [1.54, 1.807) is 6.07 Å². The van der Waals surface area contributed by atoms with Crippen molar-refractivity contribution in [3.63, 3.8) is 0 Å². The third-order valence-electron chi connectivity index (χ3n) is 4.68. The molecule has 0 bridgehead atoms. The fourth-order valence-corrected chi connectivity index (χ4v) is 4.63. The van der Waals surface area contributed by atoms with Crippen LogP contribution in [0.25, 0.3) is 0 Å². The summed E-state index contributed by atoms with van der Waals surface area (Å²) in [5.41, 5.74) is 4.59. The summed E-state index contributed by atoms with van der Waals surface area (Å²) in [4.78, 5) is 12.4. The number of hydrogen-bond acceptors (Lipinski definition) is 3. The zero-order chi connectivity index (χ0) is 21.9. The molecule has 0 aliphatic carbocycles. The van der Waals surface area contributed by atoms with Crippen LogP contribution in [0.4, 0.5) is 5.69 Å². The van der Waals surface area contributed by atoms with Crippen molar-refractivity contribution in [2.45, 2.75) is 32.2 Å². The predicted molar refractivity (Wildman–Crippen MR) is 121 cm³/mol. The highest BCUT2D eigenvalue weighted by atomic mass is 35.5. The maximum atomic E-state index is 12.9. The lowest BCUT2D eigenvalue weighted by atomic mass is 10.1. The van der Waals surface area contributed by atoms with Gasteiger partial charge in [-0.3, -0.25) is 9.52 Å². The first-order valence-electron chi connectivity index (χ1n) is 9.39. The van der Waals surface area contributed by atoms with Gasteiger partial charge in [0.2, 0.25) is 0 Å². The predicted octanol–water partition coefficient (Wildman–Crippen LogP) is 5.00. The molecule has 0 aliphatic heterocycles. The van der Waals surface area contributed by atoms with Crippen LogP contribution in [0.1, 0.15) is 32.6 Å². The molecule has 2 N–H and O–H groups in total. The first kappa shape index (κ1) is 21.9. The average molecular weight is 443 g/mol. The molecule has 0 heterocycles. The number of carbonyl (C=O) groups excluding carboxylic acids is 1. The molecule has 0 fully saturated rings. The number of halogens is 1. The summed E-state index contributed by atoms with van der Waals surface area (Å²) >= 11 is 6.15. The second-order valence-corrected chi connectivity index (χ2v) is 9.30. The SMILES string of the molecule is Cc1ccc(CNC(=O)c2ccc(Cl)c(S(=O)(=O)Nc3ccc(C)cc3C)c2)cc1. The van der Waals surface area contributed by atoms with Gasteiger partial charge < -0.3 is 5.32 Å². The van der Waals surface area contributed by atoms with Crippen LogP contribution in [-0.4, -0.2) is 14.3 Å². The number of aryl methyl sites for hydroxylation is 3. The number of benzene rings is 3. The first-order valence-corrected chi connectivity index (χ1v) is 11.3. The number of anilines is 1. The van der Waals surface area contributed by atoms with E-state index in [4.69, 9.17) is 11.6 Å². The Morgan fingerprint density at radius 1 is 0.900 bits per heavy atom. The summed E-state index contributed by atoms with van der Waals surface area (Å²) < 4.78 is 28.4. The van der Waals surface area contributed by atoms with E-state index >= 15 is 0 Å². The quantitative estimate of drug-likeness (QED) is 0.564. The van der Waals surface area contributed by atoms with Gasteiger partial charge in [-0.1, -0.05) is 59.1 Å². The molecule has 3 aromatic rings. The van der Waals surface area contributed by atoms with Crippen molar-refractivity contribution in [3.8, 4) is 0 Å². The van der Waals surface area contributed by atoms with Gasteiger partial charge in [0, 0.05) is 12.1 Å². The lowest BCUT2D eigenvalue weighted by Crippen LogP contribution is -2.23. The molecule has 0 spiro atoms. The highest BCUT2D eigenvalue weighted by molar-refractivity contribution is 7.92. The minimum Gasteiger partial charge on any atom is -0.348 e. The van der Waals surface area contributed by atoms with E-state index in [1.165, 1.54) is 18.2 Å². The molecular formula is C23H23ClN2O3S. The Bertz CT molecular complexity index is 1190. The van der Waals surface area contributed by atoms with Gasteiger partial charge in [0.15, 0.2) is 0 Å². The summed E-state index contributed by atoms with van der Waals surface area (Å²) in [5, 5.41) is 2.84. The highest BCUT2D eigenvalue weighted by Gasteiger charge is 2.21. The molecule has 3 rings (SSSR count). The zero-order valence-electron chi connectivity index (χ0n) is 17.0. The minimum atomic E-state index is -3.97. The van der Waals surface area contributed by atoms with Crippen molar-refractivity contribution in [1.82, 2.24) is 5.32 Å². The summed E-state index contributed by atoms with van der Waals surface area (Å²) in [6.45, 7) is 6.08. The number of hydrogen-bond donors (Lipinski definition) is 2. The number of amides is 1. The highest BCUT2D eigenvalue weighted by Crippen LogP contribution is 2.26. The molecule has 5 nitrogen and oxygen atoms in total. The first-order chi connectivity index (χ1) is 14.2. The van der Waals surface area contributed by atoms with E-state index in [-0.39, 0.29) is 21.4 Å². The summed E-state index contributed by atoms with van der Waals surface area (Å²) in [6.07, 6.45) is 0. The summed E-state index contributed by atoms with van der Waals surface area (Å²) in [5.74, 6) is -0.379. The van der Waals surface area contributed by atoms with Gasteiger partial charge in [0.05, 0.1) is 10.7 Å². The van der Waals surface area contributed by atoms with Crippen LogP contribution in [-0.2, 0) is 16.6 Å². The van der Waals surface area contributed by atoms with Crippen LogP contribution < -0.4 is 10.0 Å². The fourth-order valence-electron chi connectivity index (χ4n) is 2.97. The lowest BCUT2D eigenvalue weighted by molar-refractivity contribution is 0.0950. The van der Waals surface area contributed by atoms with Crippen molar-refractivity contribution < 1.29 is 13.2 Å². The third-order valence-corrected chi connectivity index (χ3v) is 6.53. The lowest BCUT2D eigenvalue weighted by Gasteiger charge is -2.13. The van der Waals surface area contributed by atoms with Gasteiger partial charge in [0.1, 0.15) is 4.90 Å². The van der Waals surface area contributed by atoms with Crippen molar-refractivity contribution in [2.24, 2.45) is 0 Å². The van der Waals surface area contributed by atoms with Crippen molar-refractivity contribution >= 4 is 33.2 Å². The maximum absolute atomic E-state index is 12.9. The molecule has 0 radical (unpaired) electrons. The molecule has 1 amide bonds. The van der Waals surface area contributed by atoms with Crippen LogP contribution in [0.15, 0.2) is 65.6 Å². The minimum absolute atomic E-state index is 0.0438. The maximum Gasteiger partial charge on any atom is 0.263 e. The smallest absolute Gasteiger partial charge is 0.263 e. The molecule has 0 saturated heterocycles. The average Bonchev–Trinajstić information content (AvgIpc) is 2.69. The van der Waals surface area contributed by atoms with E-state index in [2.05, 4.69) is 10.0 Å². The summed E-state index contributed by atoms with van der Waals surface area (Å²) in [6, 6.07) is 17.4. The van der Waals surface area contributed by atoms with Crippen LogP contribution in [0, 0.1) is 20.8 Å². The van der Waals surface area contributed by atoms with E-state index in [9.17, 15) is 13.2 Å². The molecule has 0 saturated carbocycles. The largest absolute Gasteiger partial charge is 0.348 e. The van der Waals surface area contributed by atoms with Gasteiger partial charge in [-0.2, -0.15) is 0 Å². The van der Waals surface area contributed by atoms with E-state index < -0.39 is 10.0 Å². The van der Waals surface area contributed by atoms with Gasteiger partial charge in [0.25, 0.3) is 15.9 Å². The number of sulfonamides is 1. The Hall–Kier alpha value is -2.83. The molecule has 0 aromatic heterocycles. The van der Waals surface area contributed by atoms with E-state index in [0.717, 1.165) is 22.3 Å². The van der Waals surface area contributed by atoms with Crippen LogP contribution >= 0.6 is 11.6 Å².